The average Bonchev–Trinajstić information content (AvgIpc) is 2.25. The van der Waals surface area contributed by atoms with Crippen molar-refractivity contribution in [2.45, 2.75) is 40.5 Å². The van der Waals surface area contributed by atoms with Crippen LogP contribution in [0.3, 0.4) is 0 Å². The highest BCUT2D eigenvalue weighted by molar-refractivity contribution is 5.79. The first-order valence-electron chi connectivity index (χ1n) is 6.72. The van der Waals surface area contributed by atoms with Crippen molar-refractivity contribution in [1.29, 1.82) is 0 Å². The highest BCUT2D eigenvalue weighted by atomic mass is 16.6. The fraction of sp³-hybridized carbons (Fsp3) is 0.800. The molecule has 0 bridgehead atoms. The Morgan fingerprint density at radius 2 is 2.11 bits per heavy atom. The Bertz CT molecular complexity index is 303. The molecule has 3 heteroatoms. The van der Waals surface area contributed by atoms with Crippen LogP contribution in [0.2, 0.25) is 0 Å². The first kappa shape index (κ1) is 15.2. The molecule has 0 amide bonds. The van der Waals surface area contributed by atoms with E-state index in [2.05, 4.69) is 34.3 Å². The van der Waals surface area contributed by atoms with Crippen LogP contribution in [-0.4, -0.2) is 25.8 Å². The van der Waals surface area contributed by atoms with Crippen molar-refractivity contribution in [2.24, 2.45) is 16.7 Å². The van der Waals surface area contributed by atoms with Crippen molar-refractivity contribution in [3.05, 3.63) is 12.7 Å². The van der Waals surface area contributed by atoms with Gasteiger partial charge in [-0.1, -0.05) is 33.8 Å². The van der Waals surface area contributed by atoms with Gasteiger partial charge >= 0.3 is 5.97 Å². The molecular formula is C15H26O3. The van der Waals surface area contributed by atoms with Gasteiger partial charge in [-0.15, -0.1) is 6.58 Å². The zero-order valence-electron chi connectivity index (χ0n) is 12.1. The molecule has 0 aromatic heterocycles. The summed E-state index contributed by atoms with van der Waals surface area (Å²) in [5, 5.41) is 0. The van der Waals surface area contributed by atoms with E-state index in [1.54, 1.807) is 6.08 Å². The largest absolute Gasteiger partial charge is 0.463 e. The number of hydrogen-bond donors (Lipinski definition) is 0. The molecule has 3 nitrogen and oxygen atoms in total. The molecule has 0 radical (unpaired) electrons. The van der Waals surface area contributed by atoms with E-state index in [9.17, 15) is 4.79 Å². The van der Waals surface area contributed by atoms with E-state index >= 15 is 0 Å². The molecule has 2 atom stereocenters. The number of hydrogen-bond acceptors (Lipinski definition) is 3. The molecule has 0 saturated heterocycles. The minimum absolute atomic E-state index is 0.0519. The number of carbonyl (C=O) groups is 1. The number of carbonyl (C=O) groups excluding carboxylic acids is 1. The lowest BCUT2D eigenvalue weighted by molar-refractivity contribution is -0.183. The Morgan fingerprint density at radius 1 is 1.44 bits per heavy atom. The van der Waals surface area contributed by atoms with E-state index in [-0.39, 0.29) is 16.8 Å². The summed E-state index contributed by atoms with van der Waals surface area (Å²) in [7, 11) is 0. The molecule has 18 heavy (non-hydrogen) atoms. The Labute approximate surface area is 111 Å². The number of rotatable bonds is 6. The van der Waals surface area contributed by atoms with Crippen LogP contribution in [0.1, 0.15) is 40.5 Å². The highest BCUT2D eigenvalue weighted by Gasteiger charge is 2.58. The van der Waals surface area contributed by atoms with Crippen molar-refractivity contribution < 1.29 is 14.3 Å². The zero-order valence-corrected chi connectivity index (χ0v) is 12.1. The van der Waals surface area contributed by atoms with E-state index in [1.165, 1.54) is 0 Å². The fourth-order valence-corrected chi connectivity index (χ4v) is 2.93. The molecule has 1 aliphatic rings. The van der Waals surface area contributed by atoms with Crippen LogP contribution >= 0.6 is 0 Å². The molecule has 0 heterocycles. The van der Waals surface area contributed by atoms with Gasteiger partial charge in [0.05, 0.1) is 18.6 Å². The normalized spacial score (nSPS) is 27.4. The third-order valence-electron chi connectivity index (χ3n) is 4.21. The van der Waals surface area contributed by atoms with E-state index < -0.39 is 0 Å². The molecular weight excluding hydrogens is 228 g/mol. The Morgan fingerprint density at radius 3 is 2.50 bits per heavy atom. The maximum atomic E-state index is 12.3. The molecule has 1 fully saturated rings. The summed E-state index contributed by atoms with van der Waals surface area (Å²) in [5.74, 6) is 0.343. The van der Waals surface area contributed by atoms with Crippen LogP contribution in [0.5, 0.6) is 0 Å². The number of ether oxygens (including phenoxy) is 2. The summed E-state index contributed by atoms with van der Waals surface area (Å²) >= 11 is 0. The van der Waals surface area contributed by atoms with E-state index in [4.69, 9.17) is 9.47 Å². The van der Waals surface area contributed by atoms with Crippen LogP contribution in [0.15, 0.2) is 12.7 Å². The topological polar surface area (TPSA) is 35.5 Å². The van der Waals surface area contributed by atoms with Gasteiger partial charge in [0, 0.05) is 0 Å². The maximum absolute atomic E-state index is 12.3. The quantitative estimate of drug-likeness (QED) is 0.415. The standard InChI is InChI=1S/C15H26O3/c1-6-9-17-10-11-18-13(16)15(14(3,4)5)8-7-12(15)2/h6,12H,1,7-11H2,2-5H3. The van der Waals surface area contributed by atoms with Gasteiger partial charge in [-0.05, 0) is 24.2 Å². The van der Waals surface area contributed by atoms with Crippen molar-refractivity contribution in [3.63, 3.8) is 0 Å². The molecule has 0 N–H and O–H groups in total. The smallest absolute Gasteiger partial charge is 0.312 e. The van der Waals surface area contributed by atoms with Crippen LogP contribution in [-0.2, 0) is 14.3 Å². The second-order valence-electron chi connectivity index (χ2n) is 6.16. The minimum Gasteiger partial charge on any atom is -0.463 e. The lowest BCUT2D eigenvalue weighted by Gasteiger charge is -2.54. The van der Waals surface area contributed by atoms with Crippen molar-refractivity contribution in [3.8, 4) is 0 Å². The second-order valence-corrected chi connectivity index (χ2v) is 6.16. The lowest BCUT2D eigenvalue weighted by atomic mass is 9.49. The summed E-state index contributed by atoms with van der Waals surface area (Å²) in [4.78, 5) is 12.3. The fourth-order valence-electron chi connectivity index (χ4n) is 2.93. The van der Waals surface area contributed by atoms with Gasteiger partial charge in [-0.3, -0.25) is 4.79 Å². The summed E-state index contributed by atoms with van der Waals surface area (Å²) < 4.78 is 10.6. The van der Waals surface area contributed by atoms with Crippen LogP contribution in [0, 0.1) is 16.7 Å². The molecule has 0 spiro atoms. The molecule has 0 aromatic carbocycles. The Hall–Kier alpha value is -0.830. The van der Waals surface area contributed by atoms with Gasteiger partial charge in [0.15, 0.2) is 0 Å². The molecule has 1 aliphatic carbocycles. The van der Waals surface area contributed by atoms with Crippen LogP contribution < -0.4 is 0 Å². The minimum atomic E-state index is -0.314. The average molecular weight is 254 g/mol. The molecule has 0 aliphatic heterocycles. The molecule has 1 saturated carbocycles. The van der Waals surface area contributed by atoms with Crippen molar-refractivity contribution in [2.75, 3.05) is 19.8 Å². The summed E-state index contributed by atoms with van der Waals surface area (Å²) in [6.45, 7) is 13.3. The second kappa shape index (κ2) is 5.87. The SMILES string of the molecule is C=CCOCCOC(=O)C1(C(C)(C)C)CCC1C. The van der Waals surface area contributed by atoms with Crippen LogP contribution in [0.4, 0.5) is 0 Å². The van der Waals surface area contributed by atoms with E-state index in [0.717, 1.165) is 12.8 Å². The maximum Gasteiger partial charge on any atom is 0.312 e. The van der Waals surface area contributed by atoms with Gasteiger partial charge in [-0.25, -0.2) is 0 Å². The van der Waals surface area contributed by atoms with Crippen molar-refractivity contribution >= 4 is 5.97 Å². The summed E-state index contributed by atoms with van der Waals surface area (Å²) in [6, 6.07) is 0. The Balaban J connectivity index is 2.50. The zero-order chi connectivity index (χ0) is 13.8. The van der Waals surface area contributed by atoms with E-state index in [1.807, 2.05) is 0 Å². The first-order chi connectivity index (χ1) is 8.36. The van der Waals surface area contributed by atoms with E-state index in [0.29, 0.717) is 25.7 Å². The molecule has 104 valence electrons. The van der Waals surface area contributed by atoms with Crippen molar-refractivity contribution in [1.82, 2.24) is 0 Å². The summed E-state index contributed by atoms with van der Waals surface area (Å²) in [6.07, 6.45) is 3.73. The number of esters is 1. The van der Waals surface area contributed by atoms with Gasteiger partial charge in [0.1, 0.15) is 6.61 Å². The molecule has 2 unspecified atom stereocenters. The van der Waals surface area contributed by atoms with Gasteiger partial charge < -0.3 is 9.47 Å². The van der Waals surface area contributed by atoms with Crippen LogP contribution in [0.25, 0.3) is 0 Å². The predicted octanol–water partition coefficient (Wildman–Crippen LogP) is 3.19. The molecule has 1 rings (SSSR count). The van der Waals surface area contributed by atoms with Gasteiger partial charge in [0.25, 0.3) is 0 Å². The lowest BCUT2D eigenvalue weighted by Crippen LogP contribution is -2.55. The van der Waals surface area contributed by atoms with Gasteiger partial charge in [0.2, 0.25) is 0 Å². The first-order valence-corrected chi connectivity index (χ1v) is 6.72. The van der Waals surface area contributed by atoms with Gasteiger partial charge in [-0.2, -0.15) is 0 Å². The third-order valence-corrected chi connectivity index (χ3v) is 4.21. The predicted molar refractivity (Wildman–Crippen MR) is 72.3 cm³/mol. The molecule has 0 aromatic rings. The monoisotopic (exact) mass is 254 g/mol. The Kier molecular flexibility index (Phi) is 4.97. The third kappa shape index (κ3) is 2.77. The highest BCUT2D eigenvalue weighted by Crippen LogP contribution is 2.58. The summed E-state index contributed by atoms with van der Waals surface area (Å²) in [5.41, 5.74) is -0.366.